The maximum absolute atomic E-state index is 13.1. The van der Waals surface area contributed by atoms with Crippen molar-refractivity contribution in [2.75, 3.05) is 18.4 Å². The summed E-state index contributed by atoms with van der Waals surface area (Å²) in [5.41, 5.74) is 2.64. The molecule has 5 rings (SSSR count). The molecule has 2 aromatic heterocycles. The van der Waals surface area contributed by atoms with Crippen LogP contribution in [0.2, 0.25) is 0 Å². The standard InChI is InChI=1S/C22H25N5O/c28-21(22-11-3-1-5-17(22)14-23-15-22)24-18-9-7-16(8-10-18)13-20-26-25-19-6-2-4-12-27(19)20/h2,4,6-10,12,17,23H,1,3,5,11,13-15H2,(H,24,28)/t17-,22+/m0/s1. The first-order valence-corrected chi connectivity index (χ1v) is 10.1. The third-order valence-electron chi connectivity index (χ3n) is 6.45. The summed E-state index contributed by atoms with van der Waals surface area (Å²) in [5.74, 6) is 1.56. The van der Waals surface area contributed by atoms with E-state index in [2.05, 4.69) is 33.0 Å². The van der Waals surface area contributed by atoms with Crippen LogP contribution in [0.3, 0.4) is 0 Å². The Morgan fingerprint density at radius 2 is 2.07 bits per heavy atom. The Labute approximate surface area is 164 Å². The minimum Gasteiger partial charge on any atom is -0.326 e. The maximum Gasteiger partial charge on any atom is 0.232 e. The molecule has 1 aliphatic carbocycles. The number of hydrogen-bond acceptors (Lipinski definition) is 4. The third-order valence-corrected chi connectivity index (χ3v) is 6.45. The van der Waals surface area contributed by atoms with Crippen molar-refractivity contribution in [3.8, 4) is 0 Å². The summed E-state index contributed by atoms with van der Waals surface area (Å²) in [6, 6.07) is 14.0. The van der Waals surface area contributed by atoms with Gasteiger partial charge in [0.15, 0.2) is 5.65 Å². The van der Waals surface area contributed by atoms with E-state index in [1.54, 1.807) is 0 Å². The van der Waals surface area contributed by atoms with E-state index >= 15 is 0 Å². The molecule has 2 N–H and O–H groups in total. The van der Waals surface area contributed by atoms with Crippen molar-refractivity contribution in [1.29, 1.82) is 0 Å². The van der Waals surface area contributed by atoms with Gasteiger partial charge in [0, 0.05) is 24.8 Å². The molecule has 0 radical (unpaired) electrons. The molecular formula is C22H25N5O. The molecule has 0 bridgehead atoms. The molecule has 1 aromatic carbocycles. The number of nitrogens with one attached hydrogen (secondary N) is 2. The van der Waals surface area contributed by atoms with E-state index < -0.39 is 0 Å². The second-order valence-corrected chi connectivity index (χ2v) is 8.10. The van der Waals surface area contributed by atoms with E-state index in [0.717, 1.165) is 55.1 Å². The van der Waals surface area contributed by atoms with Gasteiger partial charge >= 0.3 is 0 Å². The molecule has 6 nitrogen and oxygen atoms in total. The smallest absolute Gasteiger partial charge is 0.232 e. The average molecular weight is 375 g/mol. The number of amides is 1. The molecule has 144 valence electrons. The predicted octanol–water partition coefficient (Wildman–Crippen LogP) is 3.04. The molecule has 2 fully saturated rings. The summed E-state index contributed by atoms with van der Waals surface area (Å²) < 4.78 is 2.01. The quantitative estimate of drug-likeness (QED) is 0.735. The molecule has 0 spiro atoms. The van der Waals surface area contributed by atoms with Gasteiger partial charge in [0.05, 0.1) is 5.41 Å². The van der Waals surface area contributed by atoms with Gasteiger partial charge in [0.25, 0.3) is 0 Å². The molecule has 3 aromatic rings. The molecular weight excluding hydrogens is 350 g/mol. The Balaban J connectivity index is 1.29. The van der Waals surface area contributed by atoms with Crippen LogP contribution in [0.25, 0.3) is 5.65 Å². The number of pyridine rings is 1. The third kappa shape index (κ3) is 2.98. The highest BCUT2D eigenvalue weighted by Crippen LogP contribution is 2.44. The highest BCUT2D eigenvalue weighted by Gasteiger charge is 2.49. The Kier molecular flexibility index (Phi) is 4.36. The highest BCUT2D eigenvalue weighted by molar-refractivity contribution is 5.96. The van der Waals surface area contributed by atoms with Gasteiger partial charge < -0.3 is 10.6 Å². The minimum absolute atomic E-state index is 0.179. The van der Waals surface area contributed by atoms with Crippen LogP contribution in [-0.2, 0) is 11.2 Å². The predicted molar refractivity (Wildman–Crippen MR) is 108 cm³/mol. The lowest BCUT2D eigenvalue weighted by molar-refractivity contribution is -0.128. The Hall–Kier alpha value is -2.73. The number of fused-ring (bicyclic) bond motifs is 2. The van der Waals surface area contributed by atoms with Crippen molar-refractivity contribution in [2.45, 2.75) is 32.1 Å². The number of carbonyl (C=O) groups excluding carboxylic acids is 1. The van der Waals surface area contributed by atoms with E-state index in [9.17, 15) is 4.79 Å². The molecule has 1 aliphatic heterocycles. The van der Waals surface area contributed by atoms with Gasteiger partial charge in [0.1, 0.15) is 5.82 Å². The summed E-state index contributed by atoms with van der Waals surface area (Å²) in [4.78, 5) is 13.1. The van der Waals surface area contributed by atoms with Crippen molar-refractivity contribution < 1.29 is 4.79 Å². The van der Waals surface area contributed by atoms with Crippen molar-refractivity contribution in [1.82, 2.24) is 19.9 Å². The van der Waals surface area contributed by atoms with Gasteiger partial charge in [-0.15, -0.1) is 10.2 Å². The van der Waals surface area contributed by atoms with Crippen molar-refractivity contribution in [2.24, 2.45) is 11.3 Å². The fraction of sp³-hybridized carbons (Fsp3) is 0.409. The zero-order valence-electron chi connectivity index (χ0n) is 15.9. The first-order valence-electron chi connectivity index (χ1n) is 10.1. The van der Waals surface area contributed by atoms with E-state index in [-0.39, 0.29) is 11.3 Å². The molecule has 2 atom stereocenters. The SMILES string of the molecule is O=C(Nc1ccc(Cc2nnc3ccccn23)cc1)[C@@]12CCCC[C@H]1CNC2. The molecule has 1 amide bonds. The summed E-state index contributed by atoms with van der Waals surface area (Å²) in [7, 11) is 0. The topological polar surface area (TPSA) is 71.3 Å². The van der Waals surface area contributed by atoms with Crippen LogP contribution in [0.4, 0.5) is 5.69 Å². The first-order chi connectivity index (χ1) is 13.7. The number of rotatable bonds is 4. The average Bonchev–Trinajstić information content (AvgIpc) is 3.35. The number of aromatic nitrogens is 3. The van der Waals surface area contributed by atoms with Gasteiger partial charge in [-0.3, -0.25) is 9.20 Å². The summed E-state index contributed by atoms with van der Waals surface area (Å²) >= 11 is 0. The number of carbonyl (C=O) groups is 1. The lowest BCUT2D eigenvalue weighted by Gasteiger charge is -2.37. The minimum atomic E-state index is -0.225. The number of benzene rings is 1. The molecule has 28 heavy (non-hydrogen) atoms. The van der Waals surface area contributed by atoms with Crippen LogP contribution in [0.15, 0.2) is 48.7 Å². The van der Waals surface area contributed by atoms with Crippen LogP contribution in [0, 0.1) is 11.3 Å². The molecule has 6 heteroatoms. The van der Waals surface area contributed by atoms with Crippen LogP contribution in [-0.4, -0.2) is 33.6 Å². The Morgan fingerprint density at radius 3 is 2.96 bits per heavy atom. The van der Waals surface area contributed by atoms with Crippen LogP contribution in [0.5, 0.6) is 0 Å². The maximum atomic E-state index is 13.1. The molecule has 2 aliphatic rings. The first kappa shape index (κ1) is 17.4. The summed E-state index contributed by atoms with van der Waals surface area (Å²) in [6.07, 6.45) is 7.23. The van der Waals surface area contributed by atoms with Gasteiger partial charge in [-0.1, -0.05) is 31.0 Å². The second-order valence-electron chi connectivity index (χ2n) is 8.10. The van der Waals surface area contributed by atoms with Gasteiger partial charge in [-0.25, -0.2) is 0 Å². The fourth-order valence-corrected chi connectivity index (χ4v) is 4.85. The Morgan fingerprint density at radius 1 is 1.18 bits per heavy atom. The lowest BCUT2D eigenvalue weighted by Crippen LogP contribution is -2.44. The highest BCUT2D eigenvalue weighted by atomic mass is 16.2. The summed E-state index contributed by atoms with van der Waals surface area (Å²) in [5, 5.41) is 15.1. The molecule has 0 unspecified atom stereocenters. The molecule has 1 saturated heterocycles. The normalized spacial score (nSPS) is 24.2. The second kappa shape index (κ2) is 7.02. The van der Waals surface area contributed by atoms with Crippen LogP contribution < -0.4 is 10.6 Å². The number of nitrogens with zero attached hydrogens (tertiary/aromatic N) is 3. The van der Waals surface area contributed by atoms with Gasteiger partial charge in [-0.2, -0.15) is 0 Å². The monoisotopic (exact) mass is 375 g/mol. The number of hydrogen-bond donors (Lipinski definition) is 2. The van der Waals surface area contributed by atoms with Crippen molar-refractivity contribution in [3.63, 3.8) is 0 Å². The van der Waals surface area contributed by atoms with Crippen LogP contribution >= 0.6 is 0 Å². The summed E-state index contributed by atoms with van der Waals surface area (Å²) in [6.45, 7) is 1.78. The van der Waals surface area contributed by atoms with Crippen molar-refractivity contribution >= 4 is 17.2 Å². The number of anilines is 1. The van der Waals surface area contributed by atoms with E-state index in [0.29, 0.717) is 12.3 Å². The largest absolute Gasteiger partial charge is 0.326 e. The van der Waals surface area contributed by atoms with Gasteiger partial charge in [-0.05, 0) is 55.1 Å². The fourth-order valence-electron chi connectivity index (χ4n) is 4.85. The zero-order chi connectivity index (χ0) is 19.0. The van der Waals surface area contributed by atoms with Gasteiger partial charge in [0.2, 0.25) is 5.91 Å². The molecule has 1 saturated carbocycles. The Bertz CT molecular complexity index is 996. The van der Waals surface area contributed by atoms with E-state index in [1.165, 1.54) is 6.42 Å². The lowest BCUT2D eigenvalue weighted by atomic mass is 9.67. The zero-order valence-corrected chi connectivity index (χ0v) is 15.9. The van der Waals surface area contributed by atoms with Crippen molar-refractivity contribution in [3.05, 3.63) is 60.0 Å². The van der Waals surface area contributed by atoms with Crippen LogP contribution in [0.1, 0.15) is 37.1 Å². The molecule has 3 heterocycles. The van der Waals surface area contributed by atoms with E-state index in [1.807, 2.05) is 40.9 Å². The van der Waals surface area contributed by atoms with E-state index in [4.69, 9.17) is 0 Å².